The van der Waals surface area contributed by atoms with Gasteiger partial charge in [0.25, 0.3) is 11.6 Å². The van der Waals surface area contributed by atoms with E-state index in [9.17, 15) is 20.0 Å². The number of nitro benzene ring substituents is 1. The minimum absolute atomic E-state index is 0.0266. The van der Waals surface area contributed by atoms with Crippen LogP contribution in [-0.4, -0.2) is 40.5 Å². The monoisotopic (exact) mass is 264 g/mol. The zero-order chi connectivity index (χ0) is 14.0. The number of benzene rings is 1. The zero-order valence-electron chi connectivity index (χ0n) is 10.7. The molecule has 0 atom stereocenters. The lowest BCUT2D eigenvalue weighted by Crippen LogP contribution is -2.39. The molecule has 6 heteroatoms. The van der Waals surface area contributed by atoms with E-state index in [1.54, 1.807) is 11.9 Å². The average Bonchev–Trinajstić information content (AvgIpc) is 2.36. The molecule has 0 unspecified atom stereocenters. The first-order valence-corrected chi connectivity index (χ1v) is 6.15. The summed E-state index contributed by atoms with van der Waals surface area (Å²) in [5.74, 6) is 0.193. The van der Waals surface area contributed by atoms with Gasteiger partial charge in [-0.05, 0) is 30.9 Å². The van der Waals surface area contributed by atoms with Crippen LogP contribution in [0.2, 0.25) is 0 Å². The number of non-ortho nitro benzene ring substituents is 1. The Hall–Kier alpha value is -1.95. The zero-order valence-corrected chi connectivity index (χ0v) is 10.7. The molecule has 1 aliphatic rings. The molecular formula is C13H16N2O4. The number of rotatable bonds is 4. The highest BCUT2D eigenvalue weighted by Crippen LogP contribution is 2.28. The molecule has 102 valence electrons. The summed E-state index contributed by atoms with van der Waals surface area (Å²) in [6.07, 6.45) is 1.24. The molecule has 0 radical (unpaired) electrons. The van der Waals surface area contributed by atoms with Crippen molar-refractivity contribution in [1.29, 1.82) is 0 Å². The van der Waals surface area contributed by atoms with E-state index >= 15 is 0 Å². The standard InChI is InChI=1S/C13H16N2O4/c1-14(8-9-6-12(16)7-9)13(17)10-2-4-11(5-3-10)15(18)19/h2-5,9,12,16H,6-8H2,1H3. The summed E-state index contributed by atoms with van der Waals surface area (Å²) in [5.41, 5.74) is 0.411. The van der Waals surface area contributed by atoms with E-state index in [0.29, 0.717) is 18.0 Å². The van der Waals surface area contributed by atoms with Crippen molar-refractivity contribution in [3.05, 3.63) is 39.9 Å². The van der Waals surface area contributed by atoms with Gasteiger partial charge in [0.1, 0.15) is 0 Å². The van der Waals surface area contributed by atoms with Crippen molar-refractivity contribution < 1.29 is 14.8 Å². The molecular weight excluding hydrogens is 248 g/mol. The number of nitrogens with zero attached hydrogens (tertiary/aromatic N) is 2. The molecule has 0 saturated heterocycles. The molecule has 1 aromatic carbocycles. The number of hydrogen-bond acceptors (Lipinski definition) is 4. The maximum atomic E-state index is 12.1. The average molecular weight is 264 g/mol. The van der Waals surface area contributed by atoms with Crippen molar-refractivity contribution >= 4 is 11.6 Å². The number of aliphatic hydroxyl groups excluding tert-OH is 1. The van der Waals surface area contributed by atoms with Gasteiger partial charge in [-0.25, -0.2) is 0 Å². The van der Waals surface area contributed by atoms with E-state index < -0.39 is 4.92 Å². The SMILES string of the molecule is CN(CC1CC(O)C1)C(=O)c1ccc([N+](=O)[O-])cc1. The Morgan fingerprint density at radius 3 is 2.47 bits per heavy atom. The number of aliphatic hydroxyl groups is 1. The van der Waals surface area contributed by atoms with Crippen LogP contribution in [0.25, 0.3) is 0 Å². The van der Waals surface area contributed by atoms with Crippen LogP contribution >= 0.6 is 0 Å². The van der Waals surface area contributed by atoms with Gasteiger partial charge in [0, 0.05) is 31.3 Å². The van der Waals surface area contributed by atoms with E-state index in [1.165, 1.54) is 24.3 Å². The maximum absolute atomic E-state index is 12.1. The summed E-state index contributed by atoms with van der Waals surface area (Å²) < 4.78 is 0. The van der Waals surface area contributed by atoms with Gasteiger partial charge < -0.3 is 10.0 Å². The third-order valence-electron chi connectivity index (χ3n) is 3.41. The minimum Gasteiger partial charge on any atom is -0.393 e. The van der Waals surface area contributed by atoms with Crippen molar-refractivity contribution in [1.82, 2.24) is 4.90 Å². The molecule has 19 heavy (non-hydrogen) atoms. The number of hydrogen-bond donors (Lipinski definition) is 1. The van der Waals surface area contributed by atoms with Crippen LogP contribution in [0.15, 0.2) is 24.3 Å². The molecule has 0 spiro atoms. The topological polar surface area (TPSA) is 83.7 Å². The molecule has 1 amide bonds. The van der Waals surface area contributed by atoms with Gasteiger partial charge in [0.15, 0.2) is 0 Å². The smallest absolute Gasteiger partial charge is 0.269 e. The van der Waals surface area contributed by atoms with Gasteiger partial charge in [0.05, 0.1) is 11.0 Å². The molecule has 2 rings (SSSR count). The summed E-state index contributed by atoms with van der Waals surface area (Å²) in [6.45, 7) is 0.604. The predicted molar refractivity (Wildman–Crippen MR) is 68.8 cm³/mol. The van der Waals surface area contributed by atoms with Crippen LogP contribution in [0.4, 0.5) is 5.69 Å². The Kier molecular flexibility index (Phi) is 3.80. The second kappa shape index (κ2) is 5.36. The second-order valence-electron chi connectivity index (χ2n) is 4.98. The molecule has 0 aromatic heterocycles. The highest BCUT2D eigenvalue weighted by atomic mass is 16.6. The van der Waals surface area contributed by atoms with Crippen LogP contribution in [0.5, 0.6) is 0 Å². The lowest BCUT2D eigenvalue weighted by Gasteiger charge is -2.34. The number of carbonyl (C=O) groups excluding carboxylic acids is 1. The van der Waals surface area contributed by atoms with E-state index in [-0.39, 0.29) is 17.7 Å². The lowest BCUT2D eigenvalue weighted by molar-refractivity contribution is -0.384. The molecule has 1 aromatic rings. The van der Waals surface area contributed by atoms with Gasteiger partial charge in [-0.1, -0.05) is 0 Å². The van der Waals surface area contributed by atoms with Crippen LogP contribution in [0.1, 0.15) is 23.2 Å². The van der Waals surface area contributed by atoms with E-state index in [1.807, 2.05) is 0 Å². The van der Waals surface area contributed by atoms with Crippen LogP contribution in [0, 0.1) is 16.0 Å². The Bertz CT molecular complexity index is 480. The van der Waals surface area contributed by atoms with Gasteiger partial charge in [-0.3, -0.25) is 14.9 Å². The molecule has 1 saturated carbocycles. The number of carbonyl (C=O) groups is 1. The molecule has 0 heterocycles. The van der Waals surface area contributed by atoms with Gasteiger partial charge in [-0.2, -0.15) is 0 Å². The molecule has 1 aliphatic carbocycles. The first-order chi connectivity index (χ1) is 8.97. The third-order valence-corrected chi connectivity index (χ3v) is 3.41. The summed E-state index contributed by atoms with van der Waals surface area (Å²) in [4.78, 5) is 23.7. The Labute approximate surface area is 110 Å². The molecule has 0 aliphatic heterocycles. The molecule has 0 bridgehead atoms. The van der Waals surface area contributed by atoms with Crippen LogP contribution < -0.4 is 0 Å². The highest BCUT2D eigenvalue weighted by molar-refractivity contribution is 5.94. The maximum Gasteiger partial charge on any atom is 0.269 e. The predicted octanol–water partition coefficient (Wildman–Crippen LogP) is 1.44. The molecule has 1 fully saturated rings. The van der Waals surface area contributed by atoms with Crippen molar-refractivity contribution in [3.63, 3.8) is 0 Å². The lowest BCUT2D eigenvalue weighted by atomic mass is 9.82. The van der Waals surface area contributed by atoms with Crippen LogP contribution in [-0.2, 0) is 0 Å². The van der Waals surface area contributed by atoms with Crippen molar-refractivity contribution in [2.45, 2.75) is 18.9 Å². The Morgan fingerprint density at radius 1 is 1.42 bits per heavy atom. The highest BCUT2D eigenvalue weighted by Gasteiger charge is 2.29. The first kappa shape index (κ1) is 13.5. The van der Waals surface area contributed by atoms with Gasteiger partial charge in [-0.15, -0.1) is 0 Å². The minimum atomic E-state index is -0.492. The van der Waals surface area contributed by atoms with Gasteiger partial charge >= 0.3 is 0 Å². The van der Waals surface area contributed by atoms with E-state index in [2.05, 4.69) is 0 Å². The summed E-state index contributed by atoms with van der Waals surface area (Å²) in [7, 11) is 1.70. The van der Waals surface area contributed by atoms with Crippen molar-refractivity contribution in [2.24, 2.45) is 5.92 Å². The fourth-order valence-electron chi connectivity index (χ4n) is 2.27. The molecule has 6 nitrogen and oxygen atoms in total. The van der Waals surface area contributed by atoms with Gasteiger partial charge in [0.2, 0.25) is 0 Å². The normalized spacial score (nSPS) is 21.6. The third kappa shape index (κ3) is 3.08. The van der Waals surface area contributed by atoms with E-state index in [0.717, 1.165) is 12.8 Å². The molecule has 1 N–H and O–H groups in total. The second-order valence-corrected chi connectivity index (χ2v) is 4.98. The summed E-state index contributed by atoms with van der Waals surface area (Å²) >= 11 is 0. The van der Waals surface area contributed by atoms with Crippen molar-refractivity contribution in [2.75, 3.05) is 13.6 Å². The Balaban J connectivity index is 1.96. The largest absolute Gasteiger partial charge is 0.393 e. The fourth-order valence-corrected chi connectivity index (χ4v) is 2.27. The van der Waals surface area contributed by atoms with Crippen molar-refractivity contribution in [3.8, 4) is 0 Å². The number of amides is 1. The van der Waals surface area contributed by atoms with E-state index in [4.69, 9.17) is 0 Å². The fraction of sp³-hybridized carbons (Fsp3) is 0.462. The van der Waals surface area contributed by atoms with Crippen LogP contribution in [0.3, 0.4) is 0 Å². The summed E-state index contributed by atoms with van der Waals surface area (Å²) in [5, 5.41) is 19.7. The first-order valence-electron chi connectivity index (χ1n) is 6.15. The Morgan fingerprint density at radius 2 is 2.00 bits per heavy atom. The quantitative estimate of drug-likeness (QED) is 0.658. The summed E-state index contributed by atoms with van der Waals surface area (Å²) in [6, 6.07) is 5.58. The number of nitro groups is 1.